The number of hydrogen-bond acceptors (Lipinski definition) is 3. The minimum atomic E-state index is -4.39. The molecule has 0 fully saturated rings. The van der Waals surface area contributed by atoms with Gasteiger partial charge in [-0.25, -0.2) is 0 Å². The zero-order chi connectivity index (χ0) is 23.6. The molecular weight excluding hydrogens is 450 g/mol. The van der Waals surface area contributed by atoms with Gasteiger partial charge in [0.05, 0.1) is 24.9 Å². The average Bonchev–Trinajstić information content (AvgIpc) is 3.08. The molecular formula is C25H25F3NO3P. The van der Waals surface area contributed by atoms with Gasteiger partial charge in [-0.15, -0.1) is 0 Å². The molecule has 0 unspecified atom stereocenters. The Bertz CT molecular complexity index is 1300. The van der Waals surface area contributed by atoms with E-state index in [9.17, 15) is 17.7 Å². The van der Waals surface area contributed by atoms with Crippen molar-refractivity contribution in [3.05, 3.63) is 83.4 Å². The fourth-order valence-corrected chi connectivity index (χ4v) is 5.78. The highest BCUT2D eigenvalue weighted by atomic mass is 31.2. The molecule has 1 heterocycles. The maximum atomic E-state index is 13.3. The minimum Gasteiger partial charge on any atom is -0.336 e. The summed E-state index contributed by atoms with van der Waals surface area (Å²) < 4.78 is 65.4. The quantitative estimate of drug-likeness (QED) is 0.246. The third kappa shape index (κ3) is 5.01. The highest BCUT2D eigenvalue weighted by molar-refractivity contribution is 7.53. The van der Waals surface area contributed by atoms with Gasteiger partial charge in [-0.1, -0.05) is 42.5 Å². The molecule has 0 spiro atoms. The average molecular weight is 475 g/mol. The lowest BCUT2D eigenvalue weighted by Crippen LogP contribution is -2.04. The van der Waals surface area contributed by atoms with E-state index in [0.717, 1.165) is 33.6 Å². The molecule has 4 aromatic rings. The van der Waals surface area contributed by atoms with Crippen LogP contribution in [0.3, 0.4) is 0 Å². The fraction of sp³-hybridized carbons (Fsp3) is 0.280. The van der Waals surface area contributed by atoms with E-state index in [-0.39, 0.29) is 6.16 Å². The first kappa shape index (κ1) is 23.6. The molecule has 8 heteroatoms. The van der Waals surface area contributed by atoms with Crippen molar-refractivity contribution in [1.29, 1.82) is 0 Å². The van der Waals surface area contributed by atoms with Gasteiger partial charge < -0.3 is 13.6 Å². The highest BCUT2D eigenvalue weighted by Crippen LogP contribution is 2.51. The van der Waals surface area contributed by atoms with Crippen LogP contribution in [0, 0.1) is 0 Å². The lowest BCUT2D eigenvalue weighted by Gasteiger charge is -2.17. The van der Waals surface area contributed by atoms with Crippen molar-refractivity contribution in [3.63, 3.8) is 0 Å². The Kier molecular flexibility index (Phi) is 6.66. The molecule has 1 aromatic heterocycles. The van der Waals surface area contributed by atoms with Gasteiger partial charge >= 0.3 is 13.8 Å². The molecule has 0 aliphatic carbocycles. The fourth-order valence-electron chi connectivity index (χ4n) is 4.08. The van der Waals surface area contributed by atoms with Crippen LogP contribution in [0.25, 0.3) is 21.8 Å². The van der Waals surface area contributed by atoms with Crippen molar-refractivity contribution in [2.24, 2.45) is 0 Å². The third-order valence-electron chi connectivity index (χ3n) is 5.49. The van der Waals surface area contributed by atoms with Crippen LogP contribution in [-0.2, 0) is 32.5 Å². The largest absolute Gasteiger partial charge is 0.416 e. The first-order chi connectivity index (χ1) is 15.7. The summed E-state index contributed by atoms with van der Waals surface area (Å²) in [5, 5.41) is 1.36. The molecule has 0 aliphatic rings. The van der Waals surface area contributed by atoms with Gasteiger partial charge in [0.2, 0.25) is 0 Å². The molecule has 0 N–H and O–H groups in total. The van der Waals surface area contributed by atoms with Crippen molar-refractivity contribution < 1.29 is 26.8 Å². The van der Waals surface area contributed by atoms with Crippen LogP contribution in [0.15, 0.2) is 66.7 Å². The molecule has 0 saturated carbocycles. The number of fused-ring (bicyclic) bond motifs is 3. The van der Waals surface area contributed by atoms with E-state index in [4.69, 9.17) is 9.05 Å². The van der Waals surface area contributed by atoms with Crippen molar-refractivity contribution in [2.45, 2.75) is 32.7 Å². The topological polar surface area (TPSA) is 40.5 Å². The van der Waals surface area contributed by atoms with Crippen LogP contribution in [0.2, 0.25) is 0 Å². The van der Waals surface area contributed by atoms with Crippen molar-refractivity contribution in [2.75, 3.05) is 13.2 Å². The minimum absolute atomic E-state index is 0.185. The Morgan fingerprint density at radius 3 is 2.06 bits per heavy atom. The first-order valence-electron chi connectivity index (χ1n) is 10.8. The van der Waals surface area contributed by atoms with E-state index in [1.807, 2.05) is 53.1 Å². The number of alkyl halides is 3. The highest BCUT2D eigenvalue weighted by Gasteiger charge is 2.31. The van der Waals surface area contributed by atoms with Crippen molar-refractivity contribution in [3.8, 4) is 0 Å². The summed E-state index contributed by atoms with van der Waals surface area (Å²) in [5.74, 6) is 0. The maximum Gasteiger partial charge on any atom is 0.416 e. The number of aromatic nitrogens is 1. The normalized spacial score (nSPS) is 12.6. The summed E-state index contributed by atoms with van der Waals surface area (Å²) in [6.45, 7) is 4.65. The lowest BCUT2D eigenvalue weighted by atomic mass is 10.1. The second kappa shape index (κ2) is 9.34. The molecule has 33 heavy (non-hydrogen) atoms. The molecule has 0 amide bonds. The molecule has 0 saturated heterocycles. The number of halogens is 3. The molecule has 0 atom stereocenters. The number of benzene rings is 3. The Balaban J connectivity index is 1.67. The SMILES string of the molecule is CCOP(=O)(Cc1ccc(Cn2c3ccccc3c3cc(C(F)(F)F)ccc32)cc1)OCC. The molecule has 3 aromatic carbocycles. The van der Waals surface area contributed by atoms with Crippen LogP contribution < -0.4 is 0 Å². The first-order valence-corrected chi connectivity index (χ1v) is 12.5. The third-order valence-corrected chi connectivity index (χ3v) is 7.55. The van der Waals surface area contributed by atoms with Gasteiger partial charge in [-0.2, -0.15) is 13.2 Å². The summed E-state index contributed by atoms with van der Waals surface area (Å²) in [4.78, 5) is 0. The van der Waals surface area contributed by atoms with Crippen LogP contribution in [0.5, 0.6) is 0 Å². The van der Waals surface area contributed by atoms with Gasteiger partial charge in [0.1, 0.15) is 0 Å². The van der Waals surface area contributed by atoms with Gasteiger partial charge in [0.25, 0.3) is 0 Å². The molecule has 4 rings (SSSR count). The van der Waals surface area contributed by atoms with Crippen LogP contribution >= 0.6 is 7.60 Å². The van der Waals surface area contributed by atoms with Crippen LogP contribution in [-0.4, -0.2) is 17.8 Å². The van der Waals surface area contributed by atoms with Gasteiger partial charge in [-0.05, 0) is 49.2 Å². The second-order valence-corrected chi connectivity index (χ2v) is 9.81. The maximum absolute atomic E-state index is 13.3. The zero-order valence-corrected chi connectivity index (χ0v) is 19.3. The summed E-state index contributed by atoms with van der Waals surface area (Å²) in [5.41, 5.74) is 2.76. The number of rotatable bonds is 8. The summed E-state index contributed by atoms with van der Waals surface area (Å²) in [6, 6.07) is 19.0. The Morgan fingerprint density at radius 1 is 0.818 bits per heavy atom. The van der Waals surface area contributed by atoms with Gasteiger partial charge in [-0.3, -0.25) is 4.57 Å². The van der Waals surface area contributed by atoms with E-state index in [2.05, 4.69) is 0 Å². The second-order valence-electron chi connectivity index (χ2n) is 7.75. The number of nitrogens with zero attached hydrogens (tertiary/aromatic N) is 1. The number of para-hydroxylation sites is 1. The smallest absolute Gasteiger partial charge is 0.336 e. The van der Waals surface area contributed by atoms with Crippen molar-refractivity contribution >= 4 is 29.4 Å². The van der Waals surface area contributed by atoms with E-state index >= 15 is 0 Å². The molecule has 4 nitrogen and oxygen atoms in total. The number of hydrogen-bond donors (Lipinski definition) is 0. The van der Waals surface area contributed by atoms with Crippen molar-refractivity contribution in [1.82, 2.24) is 4.57 Å². The molecule has 174 valence electrons. The summed E-state index contributed by atoms with van der Waals surface area (Å²) in [6.07, 6.45) is -4.21. The van der Waals surface area contributed by atoms with Crippen LogP contribution in [0.4, 0.5) is 13.2 Å². The van der Waals surface area contributed by atoms with E-state index in [0.29, 0.717) is 25.1 Å². The lowest BCUT2D eigenvalue weighted by molar-refractivity contribution is -0.137. The molecule has 0 aliphatic heterocycles. The Hall–Kier alpha value is -2.60. The Labute approximate surface area is 190 Å². The van der Waals surface area contributed by atoms with Gasteiger partial charge in [0, 0.05) is 28.4 Å². The van der Waals surface area contributed by atoms with E-state index < -0.39 is 19.3 Å². The van der Waals surface area contributed by atoms with E-state index in [1.54, 1.807) is 13.8 Å². The molecule has 0 radical (unpaired) electrons. The summed E-state index contributed by atoms with van der Waals surface area (Å²) >= 11 is 0. The Morgan fingerprint density at radius 2 is 1.42 bits per heavy atom. The van der Waals surface area contributed by atoms with Gasteiger partial charge in [0.15, 0.2) is 0 Å². The van der Waals surface area contributed by atoms with E-state index in [1.165, 1.54) is 12.1 Å². The predicted molar refractivity (Wildman–Crippen MR) is 125 cm³/mol. The predicted octanol–water partition coefficient (Wildman–Crippen LogP) is 7.63. The standard InChI is InChI=1S/C25H25F3NO3P/c1-3-31-33(30,32-4-2)17-19-11-9-18(10-12-19)16-29-23-8-6-5-7-21(23)22-15-20(25(26,27)28)13-14-24(22)29/h5-15H,3-4,16-17H2,1-2H3. The molecule has 0 bridgehead atoms. The van der Waals surface area contributed by atoms with Crippen LogP contribution in [0.1, 0.15) is 30.5 Å². The monoisotopic (exact) mass is 475 g/mol. The zero-order valence-electron chi connectivity index (χ0n) is 18.4. The summed E-state index contributed by atoms with van der Waals surface area (Å²) in [7, 11) is -3.19.